The van der Waals surface area contributed by atoms with Gasteiger partial charge in [-0.3, -0.25) is 0 Å². The third-order valence-corrected chi connectivity index (χ3v) is 9.30. The van der Waals surface area contributed by atoms with Crippen LogP contribution in [0.15, 0.2) is 21.1 Å². The third-order valence-electron chi connectivity index (χ3n) is 1.90. The molecule has 0 aliphatic heterocycles. The molecule has 0 aromatic rings. The fourth-order valence-electron chi connectivity index (χ4n) is 1.16. The van der Waals surface area contributed by atoms with Crippen molar-refractivity contribution in [3.05, 3.63) is 21.1 Å². The van der Waals surface area contributed by atoms with Gasteiger partial charge in [0.2, 0.25) is 0 Å². The van der Waals surface area contributed by atoms with Gasteiger partial charge in [0.15, 0.2) is 0 Å². The van der Waals surface area contributed by atoms with Crippen molar-refractivity contribution in [3.63, 3.8) is 0 Å². The van der Waals surface area contributed by atoms with Gasteiger partial charge in [-0.15, -0.1) is 0 Å². The molecule has 1 rings (SSSR count). The van der Waals surface area contributed by atoms with Gasteiger partial charge in [-0.05, 0) is 0 Å². The van der Waals surface area contributed by atoms with Crippen LogP contribution in [0.1, 0.15) is 13.3 Å². The van der Waals surface area contributed by atoms with E-state index in [0.29, 0.717) is 0 Å². The second-order valence-corrected chi connectivity index (χ2v) is 10.2. The van der Waals surface area contributed by atoms with Crippen LogP contribution < -0.4 is 0 Å². The van der Waals surface area contributed by atoms with E-state index in [4.69, 9.17) is 2.85 Å². The zero-order valence-electron chi connectivity index (χ0n) is 6.77. The van der Waals surface area contributed by atoms with Crippen LogP contribution in [0.5, 0.6) is 0 Å². The molecule has 0 aromatic carbocycles. The van der Waals surface area contributed by atoms with Crippen LogP contribution in [0.25, 0.3) is 0 Å². The van der Waals surface area contributed by atoms with E-state index in [0.717, 1.165) is 6.42 Å². The molecule has 0 radical (unpaired) electrons. The van der Waals surface area contributed by atoms with E-state index >= 15 is 0 Å². The van der Waals surface area contributed by atoms with E-state index in [-0.39, 0.29) is 0 Å². The molecule has 1 nitrogen and oxygen atoms in total. The zero-order chi connectivity index (χ0) is 7.56. The Morgan fingerprint density at radius 2 is 2.30 bits per heavy atom. The molecule has 2 heteroatoms. The quantitative estimate of drug-likeness (QED) is 0.712. The molecule has 0 unspecified atom stereocenters. The third kappa shape index (κ3) is 1.67. The van der Waals surface area contributed by atoms with Crippen LogP contribution in [0, 0.1) is 0 Å². The van der Waals surface area contributed by atoms with Gasteiger partial charge in [-0.2, -0.15) is 0 Å². The van der Waals surface area contributed by atoms with Gasteiger partial charge >= 0.3 is 70.9 Å². The molecule has 0 heterocycles. The molecular weight excluding hydrogens is 291 g/mol. The standard InChI is InChI=1S/C6H7.CH3O.CH3.Hf/c1-6-4-2-3-5-6;1-2;;/h2,4H,3H2,1H3;1H3;1H3;/q;-1;;+1. The molecule has 0 atom stereocenters. The summed E-state index contributed by atoms with van der Waals surface area (Å²) in [6, 6.07) is 0. The summed E-state index contributed by atoms with van der Waals surface area (Å²) in [4.78, 5) is 0. The van der Waals surface area contributed by atoms with Crippen LogP contribution in [0.2, 0.25) is 4.68 Å². The summed E-state index contributed by atoms with van der Waals surface area (Å²) in [6.07, 6.45) is 5.61. The summed E-state index contributed by atoms with van der Waals surface area (Å²) in [5.41, 5.74) is 1.46. The van der Waals surface area contributed by atoms with Gasteiger partial charge < -0.3 is 0 Å². The minimum atomic E-state index is -1.65. The van der Waals surface area contributed by atoms with Gasteiger partial charge in [0.05, 0.1) is 0 Å². The van der Waals surface area contributed by atoms with Gasteiger partial charge in [-0.1, -0.05) is 0 Å². The first-order valence-corrected chi connectivity index (χ1v) is 10.4. The van der Waals surface area contributed by atoms with E-state index in [2.05, 4.69) is 23.8 Å². The van der Waals surface area contributed by atoms with Gasteiger partial charge in [0, 0.05) is 0 Å². The predicted octanol–water partition coefficient (Wildman–Crippen LogP) is 2.45. The summed E-state index contributed by atoms with van der Waals surface area (Å²) in [5, 5.41) is 0. The second kappa shape index (κ2) is 3.63. The molecule has 0 fully saturated rings. The average molecular weight is 304 g/mol. The van der Waals surface area contributed by atoms with Crippen molar-refractivity contribution in [1.29, 1.82) is 0 Å². The van der Waals surface area contributed by atoms with Crippen molar-refractivity contribution in [2.75, 3.05) is 7.11 Å². The Morgan fingerprint density at radius 3 is 2.70 bits per heavy atom. The van der Waals surface area contributed by atoms with Crippen LogP contribution >= 0.6 is 0 Å². The Morgan fingerprint density at radius 1 is 1.60 bits per heavy atom. The summed E-state index contributed by atoms with van der Waals surface area (Å²) in [6.45, 7) is 2.19. The van der Waals surface area contributed by atoms with E-state index in [1.54, 1.807) is 3.33 Å². The zero-order valence-corrected chi connectivity index (χ0v) is 10.4. The molecule has 0 aromatic heterocycles. The molecule has 0 spiro atoms. The SMILES string of the molecule is C[O][Hf]([CH3])[C]1=C(C)C=CC1. The topological polar surface area (TPSA) is 9.23 Å². The van der Waals surface area contributed by atoms with Crippen LogP contribution in [-0.4, -0.2) is 7.11 Å². The Hall–Kier alpha value is 0.310. The molecule has 0 N–H and O–H groups in total. The first kappa shape index (κ1) is 8.41. The Balaban J connectivity index is 2.66. The first-order chi connectivity index (χ1) is 4.75. The number of hydrogen-bond acceptors (Lipinski definition) is 1. The Labute approximate surface area is 70.9 Å². The Kier molecular flexibility index (Phi) is 3.05. The van der Waals surface area contributed by atoms with Crippen molar-refractivity contribution in [2.24, 2.45) is 0 Å². The van der Waals surface area contributed by atoms with Gasteiger partial charge in [-0.25, -0.2) is 0 Å². The normalized spacial score (nSPS) is 16.7. The maximum atomic E-state index is 5.42. The van der Waals surface area contributed by atoms with Gasteiger partial charge in [0.1, 0.15) is 0 Å². The molecule has 55 valence electrons. The van der Waals surface area contributed by atoms with Crippen LogP contribution in [-0.2, 0) is 24.7 Å². The molecule has 0 saturated heterocycles. The molecular formula is C8H13HfO. The van der Waals surface area contributed by atoms with Gasteiger partial charge in [0.25, 0.3) is 0 Å². The van der Waals surface area contributed by atoms with E-state index in [9.17, 15) is 0 Å². The predicted molar refractivity (Wildman–Crippen MR) is 39.3 cm³/mol. The molecule has 1 aliphatic carbocycles. The van der Waals surface area contributed by atoms with Crippen LogP contribution in [0.4, 0.5) is 0 Å². The van der Waals surface area contributed by atoms with Crippen LogP contribution in [0.3, 0.4) is 0 Å². The fourth-order valence-corrected chi connectivity index (χ4v) is 5.80. The van der Waals surface area contributed by atoms with E-state index in [1.165, 1.54) is 5.57 Å². The van der Waals surface area contributed by atoms with Crippen molar-refractivity contribution >= 4 is 0 Å². The number of rotatable bonds is 2. The monoisotopic (exact) mass is 305 g/mol. The van der Waals surface area contributed by atoms with Crippen molar-refractivity contribution in [1.82, 2.24) is 0 Å². The molecule has 0 saturated carbocycles. The van der Waals surface area contributed by atoms with E-state index < -0.39 is 21.9 Å². The average Bonchev–Trinajstić information content (AvgIpc) is 2.34. The fraction of sp³-hybridized carbons (Fsp3) is 0.500. The molecule has 0 bridgehead atoms. The summed E-state index contributed by atoms with van der Waals surface area (Å²) in [7, 11) is 1.85. The van der Waals surface area contributed by atoms with Crippen molar-refractivity contribution < 1.29 is 24.7 Å². The minimum absolute atomic E-state index is 1.16. The maximum absolute atomic E-state index is 5.42. The summed E-state index contributed by atoms with van der Waals surface area (Å²) < 4.78 is 9.35. The van der Waals surface area contributed by atoms with Crippen molar-refractivity contribution in [3.8, 4) is 0 Å². The Bertz CT molecular complexity index is 182. The summed E-state index contributed by atoms with van der Waals surface area (Å²) >= 11 is -1.65. The molecule has 10 heavy (non-hydrogen) atoms. The van der Waals surface area contributed by atoms with Crippen molar-refractivity contribution in [2.45, 2.75) is 18.0 Å². The molecule has 0 amide bonds. The second-order valence-electron chi connectivity index (χ2n) is 2.53. The number of hydrogen-bond donors (Lipinski definition) is 0. The van der Waals surface area contributed by atoms with E-state index in [1.807, 2.05) is 7.11 Å². The summed E-state index contributed by atoms with van der Waals surface area (Å²) in [5.74, 6) is 0. The number of allylic oxidation sites excluding steroid dienone is 4. The molecule has 1 aliphatic rings. The first-order valence-electron chi connectivity index (χ1n) is 3.50.